The Morgan fingerprint density at radius 3 is 2.31 bits per heavy atom. The molecule has 0 atom stereocenters. The minimum Gasteiger partial charge on any atom is -0.474 e. The Balaban J connectivity index is 1.72. The highest BCUT2D eigenvalue weighted by atomic mass is 79.9. The highest BCUT2D eigenvalue weighted by Gasteiger charge is 2.15. The van der Waals surface area contributed by atoms with E-state index >= 15 is 0 Å². The molecule has 0 spiro atoms. The van der Waals surface area contributed by atoms with E-state index in [1.54, 1.807) is 12.4 Å². The monoisotopic (exact) mass is 586 g/mol. The van der Waals surface area contributed by atoms with E-state index in [0.29, 0.717) is 18.7 Å². The molecule has 0 saturated carbocycles. The molecule has 32 heavy (non-hydrogen) atoms. The summed E-state index contributed by atoms with van der Waals surface area (Å²) in [7, 11) is -3.73. The van der Waals surface area contributed by atoms with Gasteiger partial charge in [0.1, 0.15) is 19.5 Å². The second kappa shape index (κ2) is 11.6. The van der Waals surface area contributed by atoms with Crippen LogP contribution < -0.4 is 19.3 Å². The summed E-state index contributed by atoms with van der Waals surface area (Å²) in [5.41, 5.74) is 2.33. The largest absolute Gasteiger partial charge is 0.474 e. The molecule has 13 heteroatoms. The Labute approximate surface area is 202 Å². The van der Waals surface area contributed by atoms with Crippen molar-refractivity contribution in [2.45, 2.75) is 12.8 Å². The van der Waals surface area contributed by atoms with Crippen LogP contribution in [-0.4, -0.2) is 48.1 Å². The first-order chi connectivity index (χ1) is 15.3. The molecule has 0 fully saturated rings. The molecule has 3 aromatic rings. The summed E-state index contributed by atoms with van der Waals surface area (Å²) in [6.07, 6.45) is 5.60. The molecule has 170 valence electrons. The van der Waals surface area contributed by atoms with E-state index in [1.165, 1.54) is 6.33 Å². The number of nitrogens with one attached hydrogen (secondary N) is 1. The van der Waals surface area contributed by atoms with Gasteiger partial charge in [0.25, 0.3) is 10.2 Å². The smallest absolute Gasteiger partial charge is 0.316 e. The number of rotatable bonds is 11. The lowest BCUT2D eigenvalue weighted by Gasteiger charge is -2.14. The third kappa shape index (κ3) is 7.74. The molecule has 0 aliphatic carbocycles. The lowest BCUT2D eigenvalue weighted by atomic mass is 10.0. The van der Waals surface area contributed by atoms with Crippen molar-refractivity contribution in [2.75, 3.05) is 19.8 Å². The normalized spacial score (nSPS) is 11.3. The fourth-order valence-corrected chi connectivity index (χ4v) is 3.62. The van der Waals surface area contributed by atoms with E-state index in [2.05, 4.69) is 56.5 Å². The van der Waals surface area contributed by atoms with E-state index in [4.69, 9.17) is 14.6 Å². The fraction of sp³-hybridized carbons (Fsp3) is 0.263. The Hall–Kier alpha value is -2.19. The van der Waals surface area contributed by atoms with E-state index in [0.717, 1.165) is 25.8 Å². The van der Waals surface area contributed by atoms with Gasteiger partial charge in [0.05, 0.1) is 15.7 Å². The van der Waals surface area contributed by atoms with Crippen molar-refractivity contribution in [3.05, 3.63) is 57.6 Å². The van der Waals surface area contributed by atoms with Crippen LogP contribution in [0.1, 0.15) is 12.1 Å². The van der Waals surface area contributed by atoms with Gasteiger partial charge in [-0.25, -0.2) is 29.8 Å². The van der Waals surface area contributed by atoms with Gasteiger partial charge in [-0.3, -0.25) is 0 Å². The molecule has 0 unspecified atom stereocenters. The number of ether oxygens (including phenoxy) is 2. The summed E-state index contributed by atoms with van der Waals surface area (Å²) < 4.78 is 37.5. The van der Waals surface area contributed by atoms with Gasteiger partial charge in [-0.1, -0.05) is 28.1 Å². The molecule has 0 radical (unpaired) electrons. The SMILES string of the molecule is NS(=O)(=O)NCCCc1ncnc(OCCOc2ncc(Br)cn2)c1-c1ccc(Br)cc1. The molecule has 0 amide bonds. The Morgan fingerprint density at radius 1 is 0.938 bits per heavy atom. The van der Waals surface area contributed by atoms with Crippen LogP contribution in [-0.2, 0) is 16.6 Å². The Morgan fingerprint density at radius 2 is 1.62 bits per heavy atom. The summed E-state index contributed by atoms with van der Waals surface area (Å²) in [6, 6.07) is 7.91. The lowest BCUT2D eigenvalue weighted by molar-refractivity contribution is 0.201. The number of halogens is 2. The fourth-order valence-electron chi connectivity index (χ4n) is 2.73. The number of hydrogen-bond donors (Lipinski definition) is 2. The maximum Gasteiger partial charge on any atom is 0.316 e. The molecule has 0 bridgehead atoms. The molecule has 1 aromatic carbocycles. The third-order valence-corrected chi connectivity index (χ3v) is 5.61. The van der Waals surface area contributed by atoms with Gasteiger partial charge in [-0.05, 0) is 46.5 Å². The van der Waals surface area contributed by atoms with Gasteiger partial charge >= 0.3 is 6.01 Å². The third-order valence-electron chi connectivity index (χ3n) is 4.07. The van der Waals surface area contributed by atoms with Crippen molar-refractivity contribution < 1.29 is 17.9 Å². The lowest BCUT2D eigenvalue weighted by Crippen LogP contribution is -2.31. The molecular weight excluding hydrogens is 568 g/mol. The molecule has 3 N–H and O–H groups in total. The summed E-state index contributed by atoms with van der Waals surface area (Å²) in [4.78, 5) is 16.8. The number of nitrogens with zero attached hydrogens (tertiary/aromatic N) is 4. The quantitative estimate of drug-likeness (QED) is 0.326. The maximum absolute atomic E-state index is 11.1. The summed E-state index contributed by atoms with van der Waals surface area (Å²) in [5, 5.41) is 4.98. The number of hydrogen-bond acceptors (Lipinski definition) is 8. The second-order valence-corrected chi connectivity index (χ2v) is 9.64. The van der Waals surface area contributed by atoms with Gasteiger partial charge in [-0.15, -0.1) is 0 Å². The zero-order valence-electron chi connectivity index (χ0n) is 16.7. The number of nitrogens with two attached hydrogens (primary N) is 1. The minimum atomic E-state index is -3.73. The van der Waals surface area contributed by atoms with Gasteiger partial charge in [0.2, 0.25) is 5.88 Å². The zero-order valence-corrected chi connectivity index (χ0v) is 20.7. The zero-order chi connectivity index (χ0) is 23.0. The van der Waals surface area contributed by atoms with Crippen molar-refractivity contribution in [3.63, 3.8) is 0 Å². The second-order valence-electron chi connectivity index (χ2n) is 6.43. The van der Waals surface area contributed by atoms with Crippen LogP contribution >= 0.6 is 31.9 Å². The van der Waals surface area contributed by atoms with Crippen molar-refractivity contribution >= 4 is 42.1 Å². The van der Waals surface area contributed by atoms with Gasteiger partial charge in [0, 0.05) is 23.4 Å². The summed E-state index contributed by atoms with van der Waals surface area (Å²) in [5.74, 6) is 0.400. The van der Waals surface area contributed by atoms with E-state index in [1.807, 2.05) is 24.3 Å². The summed E-state index contributed by atoms with van der Waals surface area (Å²) >= 11 is 6.70. The topological polar surface area (TPSA) is 142 Å². The number of benzene rings is 1. The van der Waals surface area contributed by atoms with Crippen LogP contribution in [0.4, 0.5) is 0 Å². The van der Waals surface area contributed by atoms with E-state index < -0.39 is 10.2 Å². The van der Waals surface area contributed by atoms with Gasteiger partial charge in [-0.2, -0.15) is 8.42 Å². The molecule has 0 aliphatic heterocycles. The highest BCUT2D eigenvalue weighted by Crippen LogP contribution is 2.32. The predicted molar refractivity (Wildman–Crippen MR) is 125 cm³/mol. The molecule has 0 saturated heterocycles. The molecular formula is C19H20Br2N6O4S. The van der Waals surface area contributed by atoms with E-state index in [-0.39, 0.29) is 25.8 Å². The standard InChI is InChI=1S/C19H20Br2N6O4S/c20-14-5-3-13(4-6-14)17-16(2-1-7-27-32(22,28)29)25-12-26-18(17)30-8-9-31-19-23-10-15(21)11-24-19/h3-6,10-12,27H,1-2,7-9H2,(H2,22,28,29). The Kier molecular flexibility index (Phi) is 8.87. The number of aryl methyl sites for hydroxylation is 1. The van der Waals surface area contributed by atoms with Crippen molar-refractivity contribution in [3.8, 4) is 23.0 Å². The van der Waals surface area contributed by atoms with Crippen molar-refractivity contribution in [2.24, 2.45) is 5.14 Å². The number of aromatic nitrogens is 4. The van der Waals surface area contributed by atoms with Crippen molar-refractivity contribution in [1.29, 1.82) is 0 Å². The van der Waals surface area contributed by atoms with E-state index in [9.17, 15) is 8.42 Å². The van der Waals surface area contributed by atoms with Gasteiger partial charge < -0.3 is 9.47 Å². The molecule has 0 aliphatic rings. The Bertz CT molecular complexity index is 1130. The molecule has 2 heterocycles. The first kappa shape index (κ1) is 24.5. The average molecular weight is 588 g/mol. The molecule has 2 aromatic heterocycles. The van der Waals surface area contributed by atoms with Crippen LogP contribution in [0, 0.1) is 0 Å². The van der Waals surface area contributed by atoms with Gasteiger partial charge in [0.15, 0.2) is 0 Å². The first-order valence-corrected chi connectivity index (χ1v) is 12.6. The molecule has 3 rings (SSSR count). The van der Waals surface area contributed by atoms with Crippen LogP contribution in [0.2, 0.25) is 0 Å². The summed E-state index contributed by atoms with van der Waals surface area (Å²) in [6.45, 7) is 0.630. The minimum absolute atomic E-state index is 0.194. The van der Waals surface area contributed by atoms with Crippen LogP contribution in [0.15, 0.2) is 51.9 Å². The predicted octanol–water partition coefficient (Wildman–Crippen LogP) is 2.64. The maximum atomic E-state index is 11.1. The van der Waals surface area contributed by atoms with Crippen molar-refractivity contribution in [1.82, 2.24) is 24.7 Å². The van der Waals surface area contributed by atoms with Crippen LogP contribution in [0.3, 0.4) is 0 Å². The highest BCUT2D eigenvalue weighted by molar-refractivity contribution is 9.10. The molecule has 10 nitrogen and oxygen atoms in total. The first-order valence-electron chi connectivity index (χ1n) is 9.42. The van der Waals surface area contributed by atoms with Crippen LogP contribution in [0.5, 0.6) is 11.9 Å². The van der Waals surface area contributed by atoms with Crippen LogP contribution in [0.25, 0.3) is 11.1 Å². The average Bonchev–Trinajstić information content (AvgIpc) is 2.76.